The Labute approximate surface area is 109 Å². The van der Waals surface area contributed by atoms with Crippen LogP contribution in [0.15, 0.2) is 6.33 Å². The van der Waals surface area contributed by atoms with Crippen molar-refractivity contribution in [3.8, 4) is 0 Å². The molecular formula is C9H17N5OS2. The van der Waals surface area contributed by atoms with Gasteiger partial charge in [0.1, 0.15) is 0 Å². The van der Waals surface area contributed by atoms with E-state index in [1.54, 1.807) is 13.4 Å². The van der Waals surface area contributed by atoms with Gasteiger partial charge in [0.25, 0.3) is 0 Å². The van der Waals surface area contributed by atoms with Gasteiger partial charge in [-0.05, 0) is 18.9 Å². The van der Waals surface area contributed by atoms with Crippen LogP contribution in [0.3, 0.4) is 0 Å². The summed E-state index contributed by atoms with van der Waals surface area (Å²) >= 11 is 3.20. The zero-order valence-corrected chi connectivity index (χ0v) is 11.5. The molecule has 6 nitrogen and oxygen atoms in total. The number of thioether (sulfide) groups is 1. The lowest BCUT2D eigenvalue weighted by molar-refractivity contribution is 0.243. The SMILES string of the molecule is CNNC(=O)NSCCSCc1[nH]cnc1C. The number of carbonyl (C=O) groups excluding carboxylic acids is 1. The lowest BCUT2D eigenvalue weighted by Gasteiger charge is -2.05. The molecule has 2 amide bonds. The molecule has 0 bridgehead atoms. The number of aromatic nitrogens is 2. The van der Waals surface area contributed by atoms with Crippen LogP contribution in [-0.4, -0.2) is 34.6 Å². The quantitative estimate of drug-likeness (QED) is 0.339. The van der Waals surface area contributed by atoms with Crippen LogP contribution in [0.5, 0.6) is 0 Å². The Hall–Kier alpha value is -0.860. The van der Waals surface area contributed by atoms with E-state index in [9.17, 15) is 4.79 Å². The van der Waals surface area contributed by atoms with Crippen LogP contribution in [-0.2, 0) is 5.75 Å². The third-order valence-corrected chi connectivity index (χ3v) is 3.90. The first kappa shape index (κ1) is 14.2. The van der Waals surface area contributed by atoms with Gasteiger partial charge in [-0.2, -0.15) is 11.8 Å². The van der Waals surface area contributed by atoms with Crippen LogP contribution >= 0.6 is 23.7 Å². The van der Waals surface area contributed by atoms with Crippen molar-refractivity contribution < 1.29 is 4.79 Å². The largest absolute Gasteiger partial charge is 0.348 e. The molecule has 0 fully saturated rings. The summed E-state index contributed by atoms with van der Waals surface area (Å²) in [6.45, 7) is 1.99. The van der Waals surface area contributed by atoms with Gasteiger partial charge in [-0.3, -0.25) is 10.1 Å². The number of hydrogen-bond acceptors (Lipinski definition) is 5. The van der Waals surface area contributed by atoms with E-state index in [2.05, 4.69) is 25.5 Å². The van der Waals surface area contributed by atoms with Gasteiger partial charge in [0, 0.05) is 30.0 Å². The molecule has 8 heteroatoms. The molecule has 0 atom stereocenters. The minimum absolute atomic E-state index is 0.230. The fourth-order valence-electron chi connectivity index (χ4n) is 1.07. The van der Waals surface area contributed by atoms with Crippen molar-refractivity contribution >= 4 is 29.7 Å². The summed E-state index contributed by atoms with van der Waals surface area (Å²) in [4.78, 5) is 18.2. The second-order valence-corrected chi connectivity index (χ2v) is 5.18. The number of carbonyl (C=O) groups is 1. The Bertz CT molecular complexity index is 344. The highest BCUT2D eigenvalue weighted by Crippen LogP contribution is 2.13. The van der Waals surface area contributed by atoms with E-state index in [-0.39, 0.29) is 6.03 Å². The fraction of sp³-hybridized carbons (Fsp3) is 0.556. The summed E-state index contributed by atoms with van der Waals surface area (Å²) in [6.07, 6.45) is 1.71. The predicted molar refractivity (Wildman–Crippen MR) is 72.7 cm³/mol. The van der Waals surface area contributed by atoms with E-state index in [4.69, 9.17) is 0 Å². The number of nitrogens with one attached hydrogen (secondary N) is 4. The smallest absolute Gasteiger partial charge is 0.339 e. The molecule has 1 aromatic heterocycles. The number of aromatic amines is 1. The Morgan fingerprint density at radius 3 is 3.00 bits per heavy atom. The summed E-state index contributed by atoms with van der Waals surface area (Å²) in [5.74, 6) is 2.77. The van der Waals surface area contributed by atoms with Crippen LogP contribution in [0.4, 0.5) is 4.79 Å². The average Bonchev–Trinajstić information content (AvgIpc) is 2.70. The van der Waals surface area contributed by atoms with Gasteiger partial charge >= 0.3 is 6.03 Å². The molecule has 0 radical (unpaired) electrons. The first-order chi connectivity index (χ1) is 8.24. The van der Waals surface area contributed by atoms with Crippen LogP contribution < -0.4 is 15.6 Å². The van der Waals surface area contributed by atoms with Gasteiger partial charge < -0.3 is 4.98 Å². The summed E-state index contributed by atoms with van der Waals surface area (Å²) in [6, 6.07) is -0.230. The van der Waals surface area contributed by atoms with Crippen LogP contribution in [0.25, 0.3) is 0 Å². The number of hydrazine groups is 1. The first-order valence-electron chi connectivity index (χ1n) is 5.15. The molecule has 0 aliphatic rings. The summed E-state index contributed by atoms with van der Waals surface area (Å²) in [5.41, 5.74) is 7.20. The molecule has 0 saturated carbocycles. The van der Waals surface area contributed by atoms with Crippen molar-refractivity contribution in [2.75, 3.05) is 18.6 Å². The van der Waals surface area contributed by atoms with Crippen molar-refractivity contribution in [3.63, 3.8) is 0 Å². The van der Waals surface area contributed by atoms with E-state index < -0.39 is 0 Å². The van der Waals surface area contributed by atoms with Gasteiger partial charge in [0.15, 0.2) is 0 Å². The minimum Gasteiger partial charge on any atom is -0.348 e. The van der Waals surface area contributed by atoms with Gasteiger partial charge in [-0.25, -0.2) is 15.2 Å². The van der Waals surface area contributed by atoms with Crippen molar-refractivity contribution in [1.82, 2.24) is 25.5 Å². The lowest BCUT2D eigenvalue weighted by atomic mass is 10.4. The number of rotatable bonds is 7. The zero-order chi connectivity index (χ0) is 12.5. The Morgan fingerprint density at radius 1 is 1.53 bits per heavy atom. The predicted octanol–water partition coefficient (Wildman–Crippen LogP) is 1.03. The summed E-state index contributed by atoms with van der Waals surface area (Å²) in [7, 11) is 1.65. The third kappa shape index (κ3) is 5.85. The average molecular weight is 275 g/mol. The maximum absolute atomic E-state index is 11.0. The minimum atomic E-state index is -0.230. The second-order valence-electron chi connectivity index (χ2n) is 3.17. The number of amides is 2. The highest BCUT2D eigenvalue weighted by Gasteiger charge is 2.01. The maximum Gasteiger partial charge on any atom is 0.339 e. The van der Waals surface area contributed by atoms with Crippen molar-refractivity contribution in [3.05, 3.63) is 17.7 Å². The van der Waals surface area contributed by atoms with E-state index >= 15 is 0 Å². The standard InChI is InChI=1S/C9H17N5OS2/c1-7-8(12-6-11-7)5-16-3-4-17-14-9(15)13-10-2/h6,10H,3-5H2,1-2H3,(H,11,12)(H2,13,14,15). The van der Waals surface area contributed by atoms with E-state index in [0.29, 0.717) is 0 Å². The topological polar surface area (TPSA) is 81.8 Å². The van der Waals surface area contributed by atoms with Crippen LogP contribution in [0.2, 0.25) is 0 Å². The molecule has 4 N–H and O–H groups in total. The molecule has 96 valence electrons. The van der Waals surface area contributed by atoms with Gasteiger partial charge in [-0.15, -0.1) is 0 Å². The molecule has 0 aliphatic carbocycles. The van der Waals surface area contributed by atoms with Crippen LogP contribution in [0.1, 0.15) is 11.4 Å². The van der Waals surface area contributed by atoms with Crippen molar-refractivity contribution in [1.29, 1.82) is 0 Å². The maximum atomic E-state index is 11.0. The van der Waals surface area contributed by atoms with Gasteiger partial charge in [-0.1, -0.05) is 0 Å². The normalized spacial score (nSPS) is 10.2. The molecular weight excluding hydrogens is 258 g/mol. The number of imidazole rings is 1. The highest BCUT2D eigenvalue weighted by molar-refractivity contribution is 8.01. The Balaban J connectivity index is 1.98. The number of hydrogen-bond donors (Lipinski definition) is 4. The Kier molecular flexibility index (Phi) is 6.90. The molecule has 1 aromatic rings. The molecule has 0 spiro atoms. The molecule has 0 aromatic carbocycles. The van der Waals surface area contributed by atoms with E-state index in [1.165, 1.54) is 17.6 Å². The fourth-order valence-corrected chi connectivity index (χ4v) is 2.80. The van der Waals surface area contributed by atoms with E-state index in [1.807, 2.05) is 18.7 Å². The molecule has 0 unspecified atom stereocenters. The van der Waals surface area contributed by atoms with Gasteiger partial charge in [0.2, 0.25) is 0 Å². The first-order valence-corrected chi connectivity index (χ1v) is 7.29. The molecule has 0 saturated heterocycles. The van der Waals surface area contributed by atoms with Crippen LogP contribution in [0, 0.1) is 6.92 Å². The highest BCUT2D eigenvalue weighted by atomic mass is 32.2. The monoisotopic (exact) mass is 275 g/mol. The number of nitrogens with zero attached hydrogens (tertiary/aromatic N) is 1. The zero-order valence-electron chi connectivity index (χ0n) is 9.87. The molecule has 17 heavy (non-hydrogen) atoms. The second kappa shape index (κ2) is 8.26. The molecule has 0 aliphatic heterocycles. The number of aryl methyl sites for hydroxylation is 1. The number of H-pyrrole nitrogens is 1. The third-order valence-electron chi connectivity index (χ3n) is 1.91. The van der Waals surface area contributed by atoms with E-state index in [0.717, 1.165) is 23.0 Å². The summed E-state index contributed by atoms with van der Waals surface area (Å²) < 4.78 is 2.66. The Morgan fingerprint density at radius 2 is 2.35 bits per heavy atom. The van der Waals surface area contributed by atoms with Crippen molar-refractivity contribution in [2.24, 2.45) is 0 Å². The lowest BCUT2D eigenvalue weighted by Crippen LogP contribution is -2.39. The molecule has 1 rings (SSSR count). The van der Waals surface area contributed by atoms with Crippen molar-refractivity contribution in [2.45, 2.75) is 12.7 Å². The summed E-state index contributed by atoms with van der Waals surface area (Å²) in [5, 5.41) is 0. The molecule has 1 heterocycles. The number of urea groups is 1. The van der Waals surface area contributed by atoms with Gasteiger partial charge in [0.05, 0.1) is 12.0 Å².